The summed E-state index contributed by atoms with van der Waals surface area (Å²) >= 11 is 2.07. The van der Waals surface area contributed by atoms with Crippen LogP contribution in [0.1, 0.15) is 23.4 Å². The molecule has 2 heterocycles. The molecule has 1 atom stereocenters. The minimum absolute atomic E-state index is 0.754. The summed E-state index contributed by atoms with van der Waals surface area (Å²) in [5.74, 6) is 2.61. The van der Waals surface area contributed by atoms with E-state index in [2.05, 4.69) is 42.7 Å². The molecule has 0 unspecified atom stereocenters. The first-order valence-electron chi connectivity index (χ1n) is 5.86. The van der Waals surface area contributed by atoms with E-state index in [1.165, 1.54) is 34.9 Å². The largest absolute Gasteiger partial charge is 0.298 e. The lowest BCUT2D eigenvalue weighted by Gasteiger charge is -2.23. The Morgan fingerprint density at radius 2 is 2.25 bits per heavy atom. The molecule has 1 aliphatic rings. The van der Waals surface area contributed by atoms with Crippen molar-refractivity contribution < 1.29 is 0 Å². The molecular formula is C12H21N3S. The van der Waals surface area contributed by atoms with Gasteiger partial charge in [-0.2, -0.15) is 16.9 Å². The fraction of sp³-hybridized carbons (Fsp3) is 0.750. The highest BCUT2D eigenvalue weighted by atomic mass is 32.2. The van der Waals surface area contributed by atoms with E-state index in [-0.39, 0.29) is 0 Å². The highest BCUT2D eigenvalue weighted by Gasteiger charge is 2.21. The summed E-state index contributed by atoms with van der Waals surface area (Å²) in [6, 6.07) is 0.754. The van der Waals surface area contributed by atoms with Crippen molar-refractivity contribution in [2.45, 2.75) is 32.9 Å². The first kappa shape index (κ1) is 12.0. The van der Waals surface area contributed by atoms with Gasteiger partial charge in [0.05, 0.1) is 5.69 Å². The fourth-order valence-electron chi connectivity index (χ4n) is 2.29. The molecule has 0 radical (unpaired) electrons. The molecule has 1 aromatic heterocycles. The maximum atomic E-state index is 4.48. The van der Waals surface area contributed by atoms with Crippen LogP contribution in [0.5, 0.6) is 0 Å². The predicted molar refractivity (Wildman–Crippen MR) is 69.9 cm³/mol. The Labute approximate surface area is 102 Å². The zero-order valence-electron chi connectivity index (χ0n) is 10.7. The quantitative estimate of drug-likeness (QED) is 0.805. The number of hydrogen-bond acceptors (Lipinski definition) is 3. The molecule has 0 bridgehead atoms. The smallest absolute Gasteiger partial charge is 0.0641 e. The molecule has 1 aromatic rings. The van der Waals surface area contributed by atoms with Crippen LogP contribution in [0, 0.1) is 13.8 Å². The van der Waals surface area contributed by atoms with Crippen LogP contribution in [0.4, 0.5) is 0 Å². The van der Waals surface area contributed by atoms with Crippen molar-refractivity contribution >= 4 is 11.8 Å². The number of aryl methyl sites for hydroxylation is 2. The van der Waals surface area contributed by atoms with E-state index >= 15 is 0 Å². The summed E-state index contributed by atoms with van der Waals surface area (Å²) in [6.07, 6.45) is 1.33. The molecule has 0 aromatic carbocycles. The van der Waals surface area contributed by atoms with Gasteiger partial charge in [-0.15, -0.1) is 0 Å². The number of hydrogen-bond donors (Lipinski definition) is 0. The Kier molecular flexibility index (Phi) is 3.60. The van der Waals surface area contributed by atoms with Gasteiger partial charge in [-0.1, -0.05) is 0 Å². The Hall–Kier alpha value is -0.480. The second-order valence-electron chi connectivity index (χ2n) is 4.71. The van der Waals surface area contributed by atoms with Crippen LogP contribution in [-0.4, -0.2) is 39.3 Å². The second-order valence-corrected chi connectivity index (χ2v) is 5.86. The van der Waals surface area contributed by atoms with Crippen molar-refractivity contribution in [1.29, 1.82) is 0 Å². The van der Waals surface area contributed by atoms with Gasteiger partial charge in [0, 0.05) is 36.6 Å². The first-order valence-corrected chi connectivity index (χ1v) is 7.02. The van der Waals surface area contributed by atoms with E-state index in [0.29, 0.717) is 0 Å². The highest BCUT2D eigenvalue weighted by Crippen LogP contribution is 2.23. The summed E-state index contributed by atoms with van der Waals surface area (Å²) in [6.45, 7) is 5.31. The lowest BCUT2D eigenvalue weighted by atomic mass is 10.1. The molecule has 0 saturated carbocycles. The van der Waals surface area contributed by atoms with Gasteiger partial charge in [0.25, 0.3) is 0 Å². The lowest BCUT2D eigenvalue weighted by Crippen LogP contribution is -2.31. The zero-order valence-corrected chi connectivity index (χ0v) is 11.5. The standard InChI is InChI=1S/C12H21N3S/c1-9-12(10(2)15(4)13-9)7-14(3)11-5-6-16-8-11/h11H,5-8H2,1-4H3/t11-/m0/s1. The van der Waals surface area contributed by atoms with Gasteiger partial charge in [-0.05, 0) is 33.1 Å². The molecule has 1 fully saturated rings. The molecular weight excluding hydrogens is 218 g/mol. The second kappa shape index (κ2) is 4.80. The summed E-state index contributed by atoms with van der Waals surface area (Å²) in [4.78, 5) is 2.48. The van der Waals surface area contributed by atoms with Crippen molar-refractivity contribution in [3.05, 3.63) is 17.0 Å². The van der Waals surface area contributed by atoms with Gasteiger partial charge in [-0.3, -0.25) is 9.58 Å². The van der Waals surface area contributed by atoms with Crippen molar-refractivity contribution in [3.63, 3.8) is 0 Å². The van der Waals surface area contributed by atoms with Crippen molar-refractivity contribution in [2.24, 2.45) is 7.05 Å². The van der Waals surface area contributed by atoms with E-state index in [1.807, 2.05) is 11.7 Å². The number of aromatic nitrogens is 2. The minimum atomic E-state index is 0.754. The average molecular weight is 239 g/mol. The Morgan fingerprint density at radius 1 is 1.50 bits per heavy atom. The van der Waals surface area contributed by atoms with Gasteiger partial charge in [0.2, 0.25) is 0 Å². The molecule has 0 amide bonds. The molecule has 4 heteroatoms. The van der Waals surface area contributed by atoms with Crippen molar-refractivity contribution in [1.82, 2.24) is 14.7 Å². The summed E-state index contributed by atoms with van der Waals surface area (Å²) in [7, 11) is 4.26. The Balaban J connectivity index is 2.07. The zero-order chi connectivity index (χ0) is 11.7. The van der Waals surface area contributed by atoms with E-state index in [1.54, 1.807) is 0 Å². The third-order valence-corrected chi connectivity index (χ3v) is 4.74. The summed E-state index contributed by atoms with van der Waals surface area (Å²) in [5.41, 5.74) is 3.88. The van der Waals surface area contributed by atoms with Gasteiger partial charge in [0.1, 0.15) is 0 Å². The predicted octanol–water partition coefficient (Wildman–Crippen LogP) is 1.97. The van der Waals surface area contributed by atoms with Crippen LogP contribution in [0.3, 0.4) is 0 Å². The molecule has 0 spiro atoms. The van der Waals surface area contributed by atoms with Crippen LogP contribution in [-0.2, 0) is 13.6 Å². The van der Waals surface area contributed by atoms with Crippen LogP contribution < -0.4 is 0 Å². The maximum Gasteiger partial charge on any atom is 0.0641 e. The number of nitrogens with zero attached hydrogens (tertiary/aromatic N) is 3. The molecule has 2 rings (SSSR count). The van der Waals surface area contributed by atoms with E-state index in [9.17, 15) is 0 Å². The number of rotatable bonds is 3. The normalized spacial score (nSPS) is 20.9. The fourth-order valence-corrected chi connectivity index (χ4v) is 3.59. The van der Waals surface area contributed by atoms with Crippen LogP contribution in [0.25, 0.3) is 0 Å². The minimum Gasteiger partial charge on any atom is -0.298 e. The molecule has 1 aliphatic heterocycles. The summed E-state index contributed by atoms with van der Waals surface area (Å²) < 4.78 is 1.99. The van der Waals surface area contributed by atoms with Gasteiger partial charge in [0.15, 0.2) is 0 Å². The van der Waals surface area contributed by atoms with E-state index in [4.69, 9.17) is 0 Å². The van der Waals surface area contributed by atoms with Crippen LogP contribution in [0.15, 0.2) is 0 Å². The first-order chi connectivity index (χ1) is 7.59. The maximum absolute atomic E-state index is 4.48. The average Bonchev–Trinajstić information content (AvgIpc) is 2.83. The summed E-state index contributed by atoms with van der Waals surface area (Å²) in [5, 5.41) is 4.48. The lowest BCUT2D eigenvalue weighted by molar-refractivity contribution is 0.253. The van der Waals surface area contributed by atoms with Crippen LogP contribution >= 0.6 is 11.8 Å². The molecule has 90 valence electrons. The van der Waals surface area contributed by atoms with Gasteiger partial charge < -0.3 is 0 Å². The molecule has 0 aliphatic carbocycles. The molecule has 0 N–H and O–H groups in total. The van der Waals surface area contributed by atoms with E-state index in [0.717, 1.165) is 12.6 Å². The molecule has 3 nitrogen and oxygen atoms in total. The third kappa shape index (κ3) is 2.28. The Morgan fingerprint density at radius 3 is 2.75 bits per heavy atom. The monoisotopic (exact) mass is 239 g/mol. The van der Waals surface area contributed by atoms with Gasteiger partial charge >= 0.3 is 0 Å². The third-order valence-electron chi connectivity index (χ3n) is 3.60. The highest BCUT2D eigenvalue weighted by molar-refractivity contribution is 7.99. The topological polar surface area (TPSA) is 21.1 Å². The number of thioether (sulfide) groups is 1. The van der Waals surface area contributed by atoms with Crippen molar-refractivity contribution in [2.75, 3.05) is 18.6 Å². The van der Waals surface area contributed by atoms with E-state index < -0.39 is 0 Å². The molecule has 1 saturated heterocycles. The van der Waals surface area contributed by atoms with Crippen molar-refractivity contribution in [3.8, 4) is 0 Å². The SMILES string of the molecule is Cc1nn(C)c(C)c1CN(C)[C@H]1CCSC1. The van der Waals surface area contributed by atoms with Crippen LogP contribution in [0.2, 0.25) is 0 Å². The molecule has 16 heavy (non-hydrogen) atoms. The Bertz CT molecular complexity index is 367. The van der Waals surface area contributed by atoms with Gasteiger partial charge in [-0.25, -0.2) is 0 Å².